The Balaban J connectivity index is 2.34. The Bertz CT molecular complexity index is 987. The smallest absolute Gasteiger partial charge is 0.336 e. The van der Waals surface area contributed by atoms with E-state index in [1.54, 1.807) is 37.3 Å². The summed E-state index contributed by atoms with van der Waals surface area (Å²) in [7, 11) is 0. The molecule has 1 N–H and O–H groups in total. The van der Waals surface area contributed by atoms with E-state index in [0.717, 1.165) is 11.1 Å². The molecule has 0 aliphatic rings. The van der Waals surface area contributed by atoms with Crippen molar-refractivity contribution in [2.45, 2.75) is 6.92 Å². The van der Waals surface area contributed by atoms with Gasteiger partial charge < -0.3 is 5.11 Å². The molecule has 128 valence electrons. The average molecular weight is 342 g/mol. The fourth-order valence-electron chi connectivity index (χ4n) is 3.19. The molecule has 0 spiro atoms. The highest BCUT2D eigenvalue weighted by molar-refractivity contribution is 6.16. The second-order valence-corrected chi connectivity index (χ2v) is 5.96. The Hall–Kier alpha value is -3.46. The molecule has 0 aliphatic carbocycles. The molecule has 3 rings (SSSR count). The van der Waals surface area contributed by atoms with Crippen LogP contribution in [0.1, 0.15) is 37.4 Å². The van der Waals surface area contributed by atoms with Crippen LogP contribution in [-0.4, -0.2) is 16.9 Å². The topological polar surface area (TPSA) is 54.4 Å². The number of carbonyl (C=O) groups excluding carboxylic acids is 1. The summed E-state index contributed by atoms with van der Waals surface area (Å²) in [5.74, 6) is -1.43. The van der Waals surface area contributed by atoms with Crippen molar-refractivity contribution in [3.63, 3.8) is 0 Å². The summed E-state index contributed by atoms with van der Waals surface area (Å²) in [6.45, 7) is 5.60. The molecular weight excluding hydrogens is 324 g/mol. The van der Waals surface area contributed by atoms with Crippen LogP contribution in [0, 0.1) is 6.92 Å². The zero-order valence-corrected chi connectivity index (χ0v) is 14.4. The first-order valence-electron chi connectivity index (χ1n) is 8.23. The molecule has 0 amide bonds. The van der Waals surface area contributed by atoms with Crippen LogP contribution in [-0.2, 0) is 0 Å². The van der Waals surface area contributed by atoms with Gasteiger partial charge in [0, 0.05) is 11.1 Å². The summed E-state index contributed by atoms with van der Waals surface area (Å²) < 4.78 is 0. The van der Waals surface area contributed by atoms with Crippen molar-refractivity contribution in [3.8, 4) is 11.1 Å². The summed E-state index contributed by atoms with van der Waals surface area (Å²) >= 11 is 0. The molecule has 3 nitrogen and oxygen atoms in total. The largest absolute Gasteiger partial charge is 0.478 e. The van der Waals surface area contributed by atoms with Gasteiger partial charge in [-0.3, -0.25) is 4.79 Å². The van der Waals surface area contributed by atoms with Gasteiger partial charge in [0.15, 0.2) is 5.78 Å². The molecule has 0 aromatic heterocycles. The summed E-state index contributed by atoms with van der Waals surface area (Å²) in [6.07, 6.45) is 1.62. The van der Waals surface area contributed by atoms with Crippen LogP contribution in [0.2, 0.25) is 0 Å². The van der Waals surface area contributed by atoms with Crippen LogP contribution in [0.3, 0.4) is 0 Å². The number of carboxylic acids is 1. The van der Waals surface area contributed by atoms with E-state index in [0.29, 0.717) is 16.7 Å². The molecule has 0 heterocycles. The van der Waals surface area contributed by atoms with Gasteiger partial charge in [0.1, 0.15) is 0 Å². The third-order valence-electron chi connectivity index (χ3n) is 4.38. The van der Waals surface area contributed by atoms with E-state index in [2.05, 4.69) is 6.58 Å². The van der Waals surface area contributed by atoms with Crippen LogP contribution in [0.25, 0.3) is 17.2 Å². The standard InChI is InChI=1S/C23H18O3/c1-3-16-14-19(23(25)26)21(22(24)18-12-8-5-9-13-18)15(2)20(16)17-10-6-4-7-11-17/h3-14H,1H2,2H3,(H,25,26). The molecule has 0 radical (unpaired) electrons. The zero-order valence-electron chi connectivity index (χ0n) is 14.4. The normalized spacial score (nSPS) is 10.3. The Kier molecular flexibility index (Phi) is 4.81. The molecule has 0 bridgehead atoms. The molecule has 0 atom stereocenters. The van der Waals surface area contributed by atoms with Gasteiger partial charge >= 0.3 is 5.97 Å². The lowest BCUT2D eigenvalue weighted by Gasteiger charge is -2.17. The van der Waals surface area contributed by atoms with Crippen LogP contribution in [0.15, 0.2) is 73.3 Å². The molecule has 0 unspecified atom stereocenters. The Morgan fingerprint density at radius 2 is 1.54 bits per heavy atom. The molecular formula is C23H18O3. The molecule has 0 fully saturated rings. The Labute approximate surface area is 152 Å². The van der Waals surface area contributed by atoms with E-state index in [1.807, 2.05) is 36.4 Å². The molecule has 3 aromatic carbocycles. The minimum absolute atomic E-state index is 0.00839. The van der Waals surface area contributed by atoms with E-state index < -0.39 is 5.97 Å². The van der Waals surface area contributed by atoms with Gasteiger partial charge in [0.25, 0.3) is 0 Å². The lowest BCUT2D eigenvalue weighted by Crippen LogP contribution is -2.13. The van der Waals surface area contributed by atoms with Gasteiger partial charge in [-0.05, 0) is 35.2 Å². The lowest BCUT2D eigenvalue weighted by atomic mass is 9.85. The van der Waals surface area contributed by atoms with Crippen molar-refractivity contribution in [2.75, 3.05) is 0 Å². The molecule has 3 aromatic rings. The van der Waals surface area contributed by atoms with Crippen molar-refractivity contribution < 1.29 is 14.7 Å². The maximum Gasteiger partial charge on any atom is 0.336 e. The summed E-state index contributed by atoms with van der Waals surface area (Å²) in [5.41, 5.74) is 3.74. The third kappa shape index (κ3) is 3.07. The number of hydrogen-bond acceptors (Lipinski definition) is 2. The highest BCUT2D eigenvalue weighted by Crippen LogP contribution is 2.34. The van der Waals surface area contributed by atoms with Crippen LogP contribution in [0.5, 0.6) is 0 Å². The number of rotatable bonds is 5. The SMILES string of the molecule is C=Cc1cc(C(=O)O)c(C(=O)c2ccccc2)c(C)c1-c1ccccc1. The van der Waals surface area contributed by atoms with Gasteiger partial charge in [-0.2, -0.15) is 0 Å². The predicted octanol–water partition coefficient (Wildman–Crippen LogP) is 5.23. The first-order valence-corrected chi connectivity index (χ1v) is 8.23. The van der Waals surface area contributed by atoms with Crippen LogP contribution >= 0.6 is 0 Å². The first-order chi connectivity index (χ1) is 12.5. The van der Waals surface area contributed by atoms with Gasteiger partial charge in [-0.15, -0.1) is 0 Å². The van der Waals surface area contributed by atoms with Crippen molar-refractivity contribution in [2.24, 2.45) is 0 Å². The number of carbonyl (C=O) groups is 2. The molecule has 26 heavy (non-hydrogen) atoms. The minimum Gasteiger partial charge on any atom is -0.478 e. The summed E-state index contributed by atoms with van der Waals surface area (Å²) in [6, 6.07) is 19.9. The van der Waals surface area contributed by atoms with Gasteiger partial charge in [-0.1, -0.05) is 73.3 Å². The number of benzene rings is 3. The number of hydrogen-bond donors (Lipinski definition) is 1. The highest BCUT2D eigenvalue weighted by Gasteiger charge is 2.24. The third-order valence-corrected chi connectivity index (χ3v) is 4.38. The van der Waals surface area contributed by atoms with Gasteiger partial charge in [0.05, 0.1) is 5.56 Å². The first kappa shape index (κ1) is 17.4. The fraction of sp³-hybridized carbons (Fsp3) is 0.0435. The monoisotopic (exact) mass is 342 g/mol. The van der Waals surface area contributed by atoms with E-state index in [1.165, 1.54) is 6.07 Å². The average Bonchev–Trinajstić information content (AvgIpc) is 2.67. The lowest BCUT2D eigenvalue weighted by molar-refractivity contribution is 0.0692. The van der Waals surface area contributed by atoms with Gasteiger partial charge in [-0.25, -0.2) is 4.79 Å². The zero-order chi connectivity index (χ0) is 18.7. The second-order valence-electron chi connectivity index (χ2n) is 5.96. The van der Waals surface area contributed by atoms with Crippen LogP contribution in [0.4, 0.5) is 0 Å². The van der Waals surface area contributed by atoms with Crippen molar-refractivity contribution in [1.29, 1.82) is 0 Å². The Morgan fingerprint density at radius 1 is 0.962 bits per heavy atom. The maximum atomic E-state index is 13.1. The van der Waals surface area contributed by atoms with Crippen molar-refractivity contribution in [1.82, 2.24) is 0 Å². The van der Waals surface area contributed by atoms with E-state index in [4.69, 9.17) is 0 Å². The fourth-order valence-corrected chi connectivity index (χ4v) is 3.19. The quantitative estimate of drug-likeness (QED) is 0.646. The second kappa shape index (κ2) is 7.19. The van der Waals surface area contributed by atoms with Crippen LogP contribution < -0.4 is 0 Å². The van der Waals surface area contributed by atoms with E-state index >= 15 is 0 Å². The minimum atomic E-state index is -1.13. The highest BCUT2D eigenvalue weighted by atomic mass is 16.4. The molecule has 0 saturated carbocycles. The predicted molar refractivity (Wildman–Crippen MR) is 104 cm³/mol. The number of aromatic carboxylic acids is 1. The number of carboxylic acid groups (broad SMARTS) is 1. The Morgan fingerprint density at radius 3 is 2.08 bits per heavy atom. The van der Waals surface area contributed by atoms with Crippen molar-refractivity contribution in [3.05, 3.63) is 101 Å². The summed E-state index contributed by atoms with van der Waals surface area (Å²) in [5, 5.41) is 9.68. The maximum absolute atomic E-state index is 13.1. The molecule has 3 heteroatoms. The van der Waals surface area contributed by atoms with E-state index in [9.17, 15) is 14.7 Å². The van der Waals surface area contributed by atoms with Crippen molar-refractivity contribution >= 4 is 17.8 Å². The summed E-state index contributed by atoms with van der Waals surface area (Å²) in [4.78, 5) is 24.9. The molecule has 0 saturated heterocycles. The van der Waals surface area contributed by atoms with Gasteiger partial charge in [0.2, 0.25) is 0 Å². The van der Waals surface area contributed by atoms with E-state index in [-0.39, 0.29) is 16.9 Å². The number of ketones is 1. The molecule has 0 aliphatic heterocycles.